The van der Waals surface area contributed by atoms with E-state index in [0.29, 0.717) is 24.0 Å². The van der Waals surface area contributed by atoms with Crippen LogP contribution in [0.15, 0.2) is 52.4 Å². The molecule has 0 bridgehead atoms. The van der Waals surface area contributed by atoms with E-state index in [4.69, 9.17) is 10.5 Å². The molecule has 2 aromatic rings. The molecule has 0 saturated heterocycles. The topological polar surface area (TPSA) is 93.8 Å². The van der Waals surface area contributed by atoms with Gasteiger partial charge in [-0.2, -0.15) is 0 Å². The van der Waals surface area contributed by atoms with E-state index in [1.54, 1.807) is 19.1 Å². The zero-order valence-corrected chi connectivity index (χ0v) is 18.5. The van der Waals surface area contributed by atoms with Crippen LogP contribution in [0.5, 0.6) is 5.75 Å². The molecule has 1 atom stereocenters. The molecule has 146 valence electrons. The third-order valence-electron chi connectivity index (χ3n) is 4.36. The van der Waals surface area contributed by atoms with E-state index in [-0.39, 0.29) is 30.0 Å². The highest BCUT2D eigenvalue weighted by atomic mass is 127. The van der Waals surface area contributed by atoms with Crippen molar-refractivity contribution in [3.8, 4) is 5.75 Å². The highest BCUT2D eigenvalue weighted by Crippen LogP contribution is 2.31. The highest BCUT2D eigenvalue weighted by molar-refractivity contribution is 14.0. The first kappa shape index (κ1) is 21.5. The second-order valence-corrected chi connectivity index (χ2v) is 8.43. The van der Waals surface area contributed by atoms with Gasteiger partial charge in [-0.3, -0.25) is 0 Å². The fourth-order valence-corrected chi connectivity index (χ4v) is 4.05. The summed E-state index contributed by atoms with van der Waals surface area (Å²) in [6.07, 6.45) is 2.01. The Morgan fingerprint density at radius 1 is 1.30 bits per heavy atom. The molecule has 2 aromatic carbocycles. The standard InChI is InChI=1S/C19H23N3O3S.HI/c1-13-7-8-14(11-18(13)26(2,23)24)12-21-19(20)22-16-9-10-25-17-6-4-3-5-15(16)17;/h3-8,11,16H,9-10,12H2,1-2H3,(H3,20,21,22);1H. The molecule has 0 aliphatic carbocycles. The van der Waals surface area contributed by atoms with E-state index in [1.807, 2.05) is 30.3 Å². The number of nitrogens with zero attached hydrogens (tertiary/aromatic N) is 1. The molecule has 0 radical (unpaired) electrons. The molecule has 0 amide bonds. The number of halogens is 1. The first-order valence-electron chi connectivity index (χ1n) is 8.42. The first-order chi connectivity index (χ1) is 12.3. The van der Waals surface area contributed by atoms with Crippen molar-refractivity contribution in [2.75, 3.05) is 12.9 Å². The Balaban J connectivity index is 0.00000261. The number of sulfone groups is 1. The van der Waals surface area contributed by atoms with Gasteiger partial charge >= 0.3 is 0 Å². The van der Waals surface area contributed by atoms with Crippen molar-refractivity contribution < 1.29 is 13.2 Å². The number of para-hydroxylation sites is 1. The molecule has 0 aromatic heterocycles. The summed E-state index contributed by atoms with van der Waals surface area (Å²) >= 11 is 0. The molecule has 0 saturated carbocycles. The first-order valence-corrected chi connectivity index (χ1v) is 10.3. The maximum atomic E-state index is 11.8. The van der Waals surface area contributed by atoms with Gasteiger partial charge in [0, 0.05) is 18.2 Å². The van der Waals surface area contributed by atoms with Crippen molar-refractivity contribution in [1.82, 2.24) is 5.32 Å². The molecule has 6 nitrogen and oxygen atoms in total. The second kappa shape index (κ2) is 8.92. The van der Waals surface area contributed by atoms with Crippen LogP contribution in [0.2, 0.25) is 0 Å². The Morgan fingerprint density at radius 2 is 2.04 bits per heavy atom. The normalized spacial score (nSPS) is 16.7. The van der Waals surface area contributed by atoms with E-state index < -0.39 is 9.84 Å². The van der Waals surface area contributed by atoms with Crippen LogP contribution in [0, 0.1) is 6.92 Å². The van der Waals surface area contributed by atoms with Crippen molar-refractivity contribution in [2.45, 2.75) is 30.8 Å². The average molecular weight is 501 g/mol. The number of benzene rings is 2. The molecule has 3 N–H and O–H groups in total. The lowest BCUT2D eigenvalue weighted by molar-refractivity contribution is 0.262. The van der Waals surface area contributed by atoms with E-state index in [9.17, 15) is 8.42 Å². The monoisotopic (exact) mass is 501 g/mol. The highest BCUT2D eigenvalue weighted by Gasteiger charge is 2.21. The summed E-state index contributed by atoms with van der Waals surface area (Å²) in [6, 6.07) is 13.2. The van der Waals surface area contributed by atoms with E-state index in [1.165, 1.54) is 6.26 Å². The third kappa shape index (κ3) is 5.35. The maximum absolute atomic E-state index is 11.8. The predicted octanol–water partition coefficient (Wildman–Crippen LogP) is 2.94. The molecule has 1 heterocycles. The Morgan fingerprint density at radius 3 is 2.78 bits per heavy atom. The van der Waals surface area contributed by atoms with Crippen LogP contribution in [0.3, 0.4) is 0 Å². The second-order valence-electron chi connectivity index (χ2n) is 6.45. The minimum Gasteiger partial charge on any atom is -0.493 e. The average Bonchev–Trinajstić information content (AvgIpc) is 2.60. The largest absolute Gasteiger partial charge is 0.493 e. The molecule has 27 heavy (non-hydrogen) atoms. The quantitative estimate of drug-likeness (QED) is 0.382. The van der Waals surface area contributed by atoms with Gasteiger partial charge in [0.25, 0.3) is 0 Å². The lowest BCUT2D eigenvalue weighted by Gasteiger charge is -2.26. The number of hydrogen-bond acceptors (Lipinski definition) is 4. The number of aryl methyl sites for hydroxylation is 1. The number of aliphatic imine (C=N–C) groups is 1. The Bertz CT molecular complexity index is 945. The summed E-state index contributed by atoms with van der Waals surface area (Å²) in [7, 11) is -3.26. The number of hydrogen-bond donors (Lipinski definition) is 2. The number of ether oxygens (including phenoxy) is 1. The maximum Gasteiger partial charge on any atom is 0.189 e. The van der Waals surface area contributed by atoms with Crippen LogP contribution in [0.1, 0.15) is 29.2 Å². The van der Waals surface area contributed by atoms with E-state index in [0.717, 1.165) is 28.9 Å². The van der Waals surface area contributed by atoms with Gasteiger partial charge < -0.3 is 15.8 Å². The third-order valence-corrected chi connectivity index (χ3v) is 5.60. The molecule has 3 rings (SSSR count). The minimum atomic E-state index is -3.26. The summed E-state index contributed by atoms with van der Waals surface area (Å²) in [5.74, 6) is 1.19. The zero-order valence-electron chi connectivity index (χ0n) is 15.3. The van der Waals surface area contributed by atoms with Gasteiger partial charge in [-0.05, 0) is 30.2 Å². The molecule has 1 unspecified atom stereocenters. The molecule has 1 aliphatic heterocycles. The van der Waals surface area contributed by atoms with Gasteiger partial charge in [0.15, 0.2) is 15.8 Å². The van der Waals surface area contributed by atoms with Crippen molar-refractivity contribution in [3.05, 3.63) is 59.2 Å². The van der Waals surface area contributed by atoms with Crippen LogP contribution < -0.4 is 15.8 Å². The summed E-state index contributed by atoms with van der Waals surface area (Å²) in [5, 5.41) is 3.23. The minimum absolute atomic E-state index is 0. The Kier molecular flexibility index (Phi) is 7.10. The zero-order chi connectivity index (χ0) is 18.7. The number of guanidine groups is 1. The van der Waals surface area contributed by atoms with Crippen molar-refractivity contribution in [1.29, 1.82) is 0 Å². The van der Waals surface area contributed by atoms with Crippen LogP contribution >= 0.6 is 24.0 Å². The predicted molar refractivity (Wildman–Crippen MR) is 117 cm³/mol. The number of nitrogens with one attached hydrogen (secondary N) is 1. The lowest BCUT2D eigenvalue weighted by atomic mass is 10.0. The van der Waals surface area contributed by atoms with E-state index >= 15 is 0 Å². The smallest absolute Gasteiger partial charge is 0.189 e. The van der Waals surface area contributed by atoms with Crippen molar-refractivity contribution in [2.24, 2.45) is 10.7 Å². The number of fused-ring (bicyclic) bond motifs is 1. The van der Waals surface area contributed by atoms with Crippen LogP contribution in [0.25, 0.3) is 0 Å². The molecule has 1 aliphatic rings. The van der Waals surface area contributed by atoms with Gasteiger partial charge in [-0.25, -0.2) is 13.4 Å². The fourth-order valence-electron chi connectivity index (χ4n) is 3.03. The molecule has 0 fully saturated rings. The van der Waals surface area contributed by atoms with Crippen molar-refractivity contribution in [3.63, 3.8) is 0 Å². The van der Waals surface area contributed by atoms with Gasteiger partial charge in [0.2, 0.25) is 0 Å². The summed E-state index contributed by atoms with van der Waals surface area (Å²) in [4.78, 5) is 4.69. The number of nitrogens with two attached hydrogens (primary N) is 1. The molecular formula is C19H24IN3O3S. The van der Waals surface area contributed by atoms with Gasteiger partial charge in [-0.15, -0.1) is 24.0 Å². The fraction of sp³-hybridized carbons (Fsp3) is 0.316. The SMILES string of the molecule is Cc1ccc(CN=C(N)NC2CCOc3ccccc32)cc1S(C)(=O)=O.I. The van der Waals surface area contributed by atoms with E-state index in [2.05, 4.69) is 10.3 Å². The molecule has 8 heteroatoms. The summed E-state index contributed by atoms with van der Waals surface area (Å²) < 4.78 is 29.3. The van der Waals surface area contributed by atoms with Crippen LogP contribution in [0.4, 0.5) is 0 Å². The van der Waals surface area contributed by atoms with Crippen LogP contribution in [-0.2, 0) is 16.4 Å². The Labute approximate surface area is 177 Å². The van der Waals surface area contributed by atoms with Crippen LogP contribution in [-0.4, -0.2) is 27.2 Å². The summed E-state index contributed by atoms with van der Waals surface area (Å²) in [5.41, 5.74) is 8.63. The van der Waals surface area contributed by atoms with Gasteiger partial charge in [0.1, 0.15) is 5.75 Å². The van der Waals surface area contributed by atoms with Crippen molar-refractivity contribution >= 4 is 39.8 Å². The lowest BCUT2D eigenvalue weighted by Crippen LogP contribution is -2.37. The molecular weight excluding hydrogens is 477 g/mol. The van der Waals surface area contributed by atoms with Gasteiger partial charge in [0.05, 0.1) is 24.1 Å². The molecule has 0 spiro atoms. The van der Waals surface area contributed by atoms with Gasteiger partial charge in [-0.1, -0.05) is 30.3 Å². The number of rotatable bonds is 4. The Hall–Kier alpha value is -1.81. The summed E-state index contributed by atoms with van der Waals surface area (Å²) in [6.45, 7) is 2.71.